The van der Waals surface area contributed by atoms with E-state index < -0.39 is 0 Å². The van der Waals surface area contributed by atoms with Crippen molar-refractivity contribution in [2.75, 3.05) is 36.4 Å². The number of carbonyl (C=O) groups is 1. The van der Waals surface area contributed by atoms with Crippen LogP contribution in [0.4, 0.5) is 11.5 Å². The molecule has 34 heavy (non-hydrogen) atoms. The number of nitrogens with zero attached hydrogens (tertiary/aromatic N) is 4. The van der Waals surface area contributed by atoms with Crippen LogP contribution in [0.2, 0.25) is 0 Å². The first-order valence-corrected chi connectivity index (χ1v) is 13.4. The van der Waals surface area contributed by atoms with Crippen molar-refractivity contribution in [1.29, 1.82) is 0 Å². The van der Waals surface area contributed by atoms with Crippen LogP contribution in [-0.2, 0) is 11.3 Å². The molecule has 5 rings (SSSR count). The number of piperidine rings is 2. The minimum atomic E-state index is 0.0360. The second-order valence-corrected chi connectivity index (χ2v) is 11.3. The quantitative estimate of drug-likeness (QED) is 0.533. The number of rotatable bonds is 5. The van der Waals surface area contributed by atoms with Gasteiger partial charge in [0.15, 0.2) is 0 Å². The molecular formula is C27H35N5OS. The Hall–Kier alpha value is -2.51. The average molecular weight is 478 g/mol. The van der Waals surface area contributed by atoms with Gasteiger partial charge in [0.2, 0.25) is 5.91 Å². The summed E-state index contributed by atoms with van der Waals surface area (Å²) in [7, 11) is 0. The van der Waals surface area contributed by atoms with Gasteiger partial charge in [-0.2, -0.15) is 0 Å². The smallest absolute Gasteiger partial charge is 0.227 e. The van der Waals surface area contributed by atoms with Crippen LogP contribution < -0.4 is 10.2 Å². The number of amides is 1. The second kappa shape index (κ2) is 10.0. The Morgan fingerprint density at radius 3 is 2.44 bits per heavy atom. The summed E-state index contributed by atoms with van der Waals surface area (Å²) in [6.45, 7) is 11.7. The van der Waals surface area contributed by atoms with Crippen LogP contribution in [0, 0.1) is 25.7 Å². The molecule has 0 aliphatic carbocycles. The lowest BCUT2D eigenvalue weighted by atomic mass is 9.95. The lowest BCUT2D eigenvalue weighted by Gasteiger charge is -2.32. The number of benzene rings is 1. The molecule has 0 radical (unpaired) electrons. The Morgan fingerprint density at radius 1 is 1.03 bits per heavy atom. The first kappa shape index (κ1) is 23.2. The highest BCUT2D eigenvalue weighted by Gasteiger charge is 2.27. The minimum absolute atomic E-state index is 0.0360. The number of thiophene rings is 1. The van der Waals surface area contributed by atoms with E-state index in [1.54, 1.807) is 17.7 Å². The molecule has 2 saturated heterocycles. The number of fused-ring (bicyclic) bond motifs is 1. The third-order valence-electron chi connectivity index (χ3n) is 7.61. The predicted octanol–water partition coefficient (Wildman–Crippen LogP) is 5.40. The minimum Gasteiger partial charge on any atom is -0.356 e. The molecule has 180 valence electrons. The zero-order valence-corrected chi connectivity index (χ0v) is 21.3. The Labute approximate surface area is 206 Å². The Morgan fingerprint density at radius 2 is 1.74 bits per heavy atom. The highest BCUT2D eigenvalue weighted by molar-refractivity contribution is 7.18. The molecule has 2 aliphatic heterocycles. The van der Waals surface area contributed by atoms with Crippen molar-refractivity contribution < 1.29 is 4.79 Å². The fourth-order valence-corrected chi connectivity index (χ4v) is 6.16. The van der Waals surface area contributed by atoms with E-state index in [-0.39, 0.29) is 11.8 Å². The highest BCUT2D eigenvalue weighted by Crippen LogP contribution is 2.35. The number of hydrogen-bond donors (Lipinski definition) is 1. The molecule has 3 aromatic rings. The largest absolute Gasteiger partial charge is 0.356 e. The van der Waals surface area contributed by atoms with Crippen LogP contribution in [0.25, 0.3) is 10.2 Å². The number of anilines is 2. The highest BCUT2D eigenvalue weighted by atomic mass is 32.1. The van der Waals surface area contributed by atoms with Crippen molar-refractivity contribution in [3.05, 3.63) is 46.6 Å². The summed E-state index contributed by atoms with van der Waals surface area (Å²) >= 11 is 1.73. The molecule has 2 aromatic heterocycles. The van der Waals surface area contributed by atoms with Gasteiger partial charge in [-0.3, -0.25) is 9.69 Å². The van der Waals surface area contributed by atoms with E-state index in [1.165, 1.54) is 47.3 Å². The van der Waals surface area contributed by atoms with Gasteiger partial charge >= 0.3 is 0 Å². The molecule has 1 N–H and O–H groups in total. The Balaban J connectivity index is 1.15. The monoisotopic (exact) mass is 477 g/mol. The van der Waals surface area contributed by atoms with Gasteiger partial charge in [-0.25, -0.2) is 9.97 Å². The molecular weight excluding hydrogens is 442 g/mol. The molecule has 1 amide bonds. The van der Waals surface area contributed by atoms with Crippen molar-refractivity contribution in [3.63, 3.8) is 0 Å². The summed E-state index contributed by atoms with van der Waals surface area (Å²) < 4.78 is 0. The van der Waals surface area contributed by atoms with Crippen LogP contribution >= 0.6 is 11.3 Å². The van der Waals surface area contributed by atoms with Crippen molar-refractivity contribution in [3.8, 4) is 0 Å². The van der Waals surface area contributed by atoms with E-state index in [2.05, 4.69) is 58.0 Å². The molecule has 4 heterocycles. The number of aromatic nitrogens is 2. The second-order valence-electron chi connectivity index (χ2n) is 10.1. The van der Waals surface area contributed by atoms with Crippen molar-refractivity contribution in [2.45, 2.75) is 53.0 Å². The molecule has 2 aliphatic rings. The first-order valence-electron chi connectivity index (χ1n) is 12.6. The van der Waals surface area contributed by atoms with Crippen LogP contribution in [0.5, 0.6) is 0 Å². The zero-order chi connectivity index (χ0) is 23.7. The molecule has 0 bridgehead atoms. The Kier molecular flexibility index (Phi) is 6.84. The summed E-state index contributed by atoms with van der Waals surface area (Å²) in [4.78, 5) is 29.2. The number of aryl methyl sites for hydroxylation is 2. The van der Waals surface area contributed by atoms with Crippen LogP contribution in [0.3, 0.4) is 0 Å². The van der Waals surface area contributed by atoms with Crippen LogP contribution in [0.1, 0.15) is 48.6 Å². The van der Waals surface area contributed by atoms with Crippen molar-refractivity contribution >= 4 is 39.0 Å². The summed E-state index contributed by atoms with van der Waals surface area (Å²) in [5.74, 6) is 2.04. The van der Waals surface area contributed by atoms with E-state index >= 15 is 0 Å². The van der Waals surface area contributed by atoms with Gasteiger partial charge in [0, 0.05) is 36.1 Å². The molecule has 2 fully saturated rings. The maximum atomic E-state index is 13.0. The van der Waals surface area contributed by atoms with Gasteiger partial charge in [-0.1, -0.05) is 19.1 Å². The number of hydrogen-bond acceptors (Lipinski definition) is 6. The topological polar surface area (TPSA) is 61.4 Å². The van der Waals surface area contributed by atoms with E-state index in [0.717, 1.165) is 54.7 Å². The fourth-order valence-electron chi connectivity index (χ4n) is 5.17. The molecule has 1 aromatic carbocycles. The van der Waals surface area contributed by atoms with Gasteiger partial charge in [-0.05, 0) is 81.8 Å². The van der Waals surface area contributed by atoms with Gasteiger partial charge < -0.3 is 10.2 Å². The number of nitrogens with one attached hydrogen (secondary N) is 1. The van der Waals surface area contributed by atoms with E-state index in [1.807, 2.05) is 12.1 Å². The maximum Gasteiger partial charge on any atom is 0.227 e. The van der Waals surface area contributed by atoms with E-state index in [9.17, 15) is 4.79 Å². The van der Waals surface area contributed by atoms with Gasteiger partial charge in [0.05, 0.1) is 5.39 Å². The lowest BCUT2D eigenvalue weighted by molar-refractivity contribution is -0.120. The predicted molar refractivity (Wildman–Crippen MR) is 141 cm³/mol. The van der Waals surface area contributed by atoms with Gasteiger partial charge in [0.25, 0.3) is 0 Å². The average Bonchev–Trinajstić information content (AvgIpc) is 3.15. The molecule has 7 heteroatoms. The summed E-state index contributed by atoms with van der Waals surface area (Å²) in [5, 5.41) is 4.32. The summed E-state index contributed by atoms with van der Waals surface area (Å²) in [6, 6.07) is 8.41. The molecule has 0 saturated carbocycles. The fraction of sp³-hybridized carbons (Fsp3) is 0.519. The lowest BCUT2D eigenvalue weighted by Crippen LogP contribution is -2.38. The van der Waals surface area contributed by atoms with Gasteiger partial charge in [-0.15, -0.1) is 11.3 Å². The van der Waals surface area contributed by atoms with Gasteiger partial charge in [0.1, 0.15) is 17.0 Å². The zero-order valence-electron chi connectivity index (χ0n) is 20.5. The van der Waals surface area contributed by atoms with Crippen LogP contribution in [-0.4, -0.2) is 47.0 Å². The van der Waals surface area contributed by atoms with E-state index in [0.29, 0.717) is 0 Å². The van der Waals surface area contributed by atoms with Crippen molar-refractivity contribution in [2.24, 2.45) is 11.8 Å². The molecule has 0 unspecified atom stereocenters. The summed E-state index contributed by atoms with van der Waals surface area (Å²) in [5.41, 5.74) is 3.48. The summed E-state index contributed by atoms with van der Waals surface area (Å²) in [6.07, 6.45) is 5.93. The molecule has 0 spiro atoms. The third-order valence-corrected chi connectivity index (χ3v) is 8.73. The number of likely N-dealkylation sites (tertiary alicyclic amines) is 1. The standard InChI is InChI=1S/C27H35N5OS/c1-18-8-12-31(13-9-18)16-21-4-6-23(7-5-21)30-26(33)22-10-14-32(15-11-22)25-24-19(2)20(3)34-27(24)29-17-28-25/h4-7,17-18,22H,8-16H2,1-3H3,(H,30,33). The first-order chi connectivity index (χ1) is 16.5. The molecule has 6 nitrogen and oxygen atoms in total. The van der Waals surface area contributed by atoms with Crippen LogP contribution in [0.15, 0.2) is 30.6 Å². The maximum absolute atomic E-state index is 13.0. The normalized spacial score (nSPS) is 18.5. The Bertz CT molecular complexity index is 1140. The van der Waals surface area contributed by atoms with Crippen molar-refractivity contribution in [1.82, 2.24) is 14.9 Å². The molecule has 0 atom stereocenters. The van der Waals surface area contributed by atoms with E-state index in [4.69, 9.17) is 0 Å². The number of carbonyl (C=O) groups excluding carboxylic acids is 1. The third kappa shape index (κ3) is 4.96. The SMILES string of the molecule is Cc1sc2ncnc(N3CCC(C(=O)Nc4ccc(CN5CCC(C)CC5)cc4)CC3)c2c1C.